The van der Waals surface area contributed by atoms with Crippen molar-refractivity contribution in [3.63, 3.8) is 0 Å². The molecule has 1 aromatic rings. The van der Waals surface area contributed by atoms with Crippen LogP contribution >= 0.6 is 0 Å². The SMILES string of the molecule is CC(=O)c1cc([C@H]2C[C@H](O[Si](C)(C)C(C)(C)C)[C@@H](CO[Si](C)(C)C(C)(C)C)O2)c([N+](=O)[O-])[nH]1. The molecular weight excluding hydrogens is 456 g/mol. The predicted octanol–water partition coefficient (Wildman–Crippen LogP) is 6.37. The molecule has 2 heterocycles. The van der Waals surface area contributed by atoms with Gasteiger partial charge in [-0.1, -0.05) is 41.5 Å². The molecule has 0 radical (unpaired) electrons. The summed E-state index contributed by atoms with van der Waals surface area (Å²) in [5, 5.41) is 11.7. The summed E-state index contributed by atoms with van der Waals surface area (Å²) in [4.78, 5) is 25.7. The van der Waals surface area contributed by atoms with Crippen molar-refractivity contribution in [3.8, 4) is 0 Å². The molecule has 1 saturated heterocycles. The molecule has 1 aliphatic rings. The van der Waals surface area contributed by atoms with E-state index >= 15 is 0 Å². The van der Waals surface area contributed by atoms with E-state index in [0.717, 1.165) is 0 Å². The molecule has 0 aliphatic carbocycles. The van der Waals surface area contributed by atoms with Crippen molar-refractivity contribution in [1.82, 2.24) is 4.98 Å². The third-order valence-electron chi connectivity index (χ3n) is 7.60. The van der Waals surface area contributed by atoms with Crippen molar-refractivity contribution in [3.05, 3.63) is 27.4 Å². The number of aromatic nitrogens is 1. The monoisotopic (exact) mass is 498 g/mol. The van der Waals surface area contributed by atoms with Crippen molar-refractivity contribution < 1.29 is 23.3 Å². The van der Waals surface area contributed by atoms with Crippen LogP contribution in [0.25, 0.3) is 0 Å². The standard InChI is InChI=1S/C23H42N2O6Si2/c1-15(26)17-12-16(21(24-17)25(27)28)18-13-19(31-33(10,11)23(5,6)7)20(30-18)14-29-32(8,9)22(2,3)4/h12,18-20,24H,13-14H2,1-11H3/t18-,19+,20-/m1/s1. The summed E-state index contributed by atoms with van der Waals surface area (Å²) in [5.74, 6) is -0.448. The number of hydrogen-bond acceptors (Lipinski definition) is 6. The highest BCUT2D eigenvalue weighted by atomic mass is 28.4. The second kappa shape index (κ2) is 9.37. The maximum absolute atomic E-state index is 11.9. The Balaban J connectivity index is 2.37. The summed E-state index contributed by atoms with van der Waals surface area (Å²) >= 11 is 0. The number of carbonyl (C=O) groups is 1. The first-order valence-electron chi connectivity index (χ1n) is 11.6. The molecular formula is C23H42N2O6Si2. The van der Waals surface area contributed by atoms with Crippen molar-refractivity contribution in [2.75, 3.05) is 6.61 Å². The lowest BCUT2D eigenvalue weighted by Gasteiger charge is -2.40. The smallest absolute Gasteiger partial charge is 0.327 e. The van der Waals surface area contributed by atoms with E-state index in [2.05, 4.69) is 72.7 Å². The van der Waals surface area contributed by atoms with E-state index in [4.69, 9.17) is 13.6 Å². The Morgan fingerprint density at radius 2 is 1.70 bits per heavy atom. The molecule has 1 fully saturated rings. The number of nitrogens with zero attached hydrogens (tertiary/aromatic N) is 1. The molecule has 0 bridgehead atoms. The minimum Gasteiger partial charge on any atom is -0.414 e. The number of aromatic amines is 1. The summed E-state index contributed by atoms with van der Waals surface area (Å²) in [6, 6.07) is 1.55. The number of nitro groups is 1. The van der Waals surface area contributed by atoms with Gasteiger partial charge in [0.05, 0.1) is 24.4 Å². The molecule has 0 amide bonds. The van der Waals surface area contributed by atoms with E-state index in [1.165, 1.54) is 6.92 Å². The highest BCUT2D eigenvalue weighted by Crippen LogP contribution is 2.45. The molecule has 0 saturated carbocycles. The van der Waals surface area contributed by atoms with Gasteiger partial charge in [0.1, 0.15) is 6.10 Å². The number of carbonyl (C=O) groups excluding carboxylic acids is 1. The summed E-state index contributed by atoms with van der Waals surface area (Å²) in [6.07, 6.45) is -0.643. The maximum Gasteiger partial charge on any atom is 0.327 e. The van der Waals surface area contributed by atoms with Crippen LogP contribution in [0.1, 0.15) is 77.0 Å². The van der Waals surface area contributed by atoms with Gasteiger partial charge < -0.3 is 23.7 Å². The summed E-state index contributed by atoms with van der Waals surface area (Å²) in [6.45, 7) is 23.7. The van der Waals surface area contributed by atoms with Crippen molar-refractivity contribution in [2.24, 2.45) is 0 Å². The van der Waals surface area contributed by atoms with Gasteiger partial charge in [0.25, 0.3) is 0 Å². The Hall–Kier alpha value is -1.34. The predicted molar refractivity (Wildman–Crippen MR) is 135 cm³/mol. The molecule has 2 rings (SSSR count). The molecule has 0 aromatic carbocycles. The van der Waals surface area contributed by atoms with Gasteiger partial charge in [0.15, 0.2) is 28.1 Å². The largest absolute Gasteiger partial charge is 0.414 e. The van der Waals surface area contributed by atoms with E-state index in [1.54, 1.807) is 6.07 Å². The average Bonchev–Trinajstić information content (AvgIpc) is 3.22. The highest BCUT2D eigenvalue weighted by molar-refractivity contribution is 6.74. The number of H-pyrrole nitrogens is 1. The zero-order valence-electron chi connectivity index (χ0n) is 22.1. The number of ketones is 1. The normalized spacial score (nSPS) is 22.6. The molecule has 0 spiro atoms. The van der Waals surface area contributed by atoms with Gasteiger partial charge in [0, 0.05) is 19.4 Å². The van der Waals surface area contributed by atoms with E-state index < -0.39 is 27.7 Å². The topological polar surface area (TPSA) is 104 Å². The van der Waals surface area contributed by atoms with Crippen LogP contribution in [0.2, 0.25) is 36.3 Å². The van der Waals surface area contributed by atoms with Gasteiger partial charge in [-0.05, 0) is 41.2 Å². The number of nitrogens with one attached hydrogen (secondary N) is 1. The van der Waals surface area contributed by atoms with Crippen LogP contribution in [-0.4, -0.2) is 51.1 Å². The molecule has 1 aliphatic heterocycles. The fraction of sp³-hybridized carbons (Fsp3) is 0.783. The lowest BCUT2D eigenvalue weighted by molar-refractivity contribution is -0.390. The van der Waals surface area contributed by atoms with E-state index in [1.807, 2.05) is 0 Å². The first-order valence-corrected chi connectivity index (χ1v) is 17.4. The van der Waals surface area contributed by atoms with Crippen molar-refractivity contribution in [2.45, 2.75) is 109 Å². The third-order valence-corrected chi connectivity index (χ3v) is 16.6. The molecule has 10 heteroatoms. The molecule has 1 N–H and O–H groups in total. The van der Waals surface area contributed by atoms with Crippen molar-refractivity contribution in [1.29, 1.82) is 0 Å². The second-order valence-electron chi connectivity index (χ2n) is 12.2. The van der Waals surface area contributed by atoms with Crippen LogP contribution in [0.3, 0.4) is 0 Å². The van der Waals surface area contributed by atoms with Crippen LogP contribution in [0.15, 0.2) is 6.07 Å². The van der Waals surface area contributed by atoms with Crippen LogP contribution in [0.4, 0.5) is 5.82 Å². The zero-order valence-corrected chi connectivity index (χ0v) is 24.1. The molecule has 8 nitrogen and oxygen atoms in total. The second-order valence-corrected chi connectivity index (χ2v) is 21.8. The Kier molecular flexibility index (Phi) is 7.92. The minimum absolute atomic E-state index is 0.0117. The molecule has 188 valence electrons. The summed E-state index contributed by atoms with van der Waals surface area (Å²) in [7, 11) is -4.14. The summed E-state index contributed by atoms with van der Waals surface area (Å²) < 4.78 is 19.6. The van der Waals surface area contributed by atoms with Crippen LogP contribution in [-0.2, 0) is 13.6 Å². The Morgan fingerprint density at radius 1 is 1.15 bits per heavy atom. The number of Topliss-reactive ketones (excluding diaryl/α,β-unsaturated/α-hetero) is 1. The van der Waals surface area contributed by atoms with Crippen LogP contribution < -0.4 is 0 Å². The van der Waals surface area contributed by atoms with Gasteiger partial charge in [-0.2, -0.15) is 0 Å². The molecule has 1 aromatic heterocycles. The van der Waals surface area contributed by atoms with Crippen LogP contribution in [0, 0.1) is 10.1 Å². The summed E-state index contributed by atoms with van der Waals surface area (Å²) in [5.41, 5.74) is 0.604. The molecule has 33 heavy (non-hydrogen) atoms. The number of ether oxygens (including phenoxy) is 1. The Morgan fingerprint density at radius 3 is 2.15 bits per heavy atom. The third kappa shape index (κ3) is 6.22. The molecule has 3 atom stereocenters. The number of hydrogen-bond donors (Lipinski definition) is 1. The molecule has 0 unspecified atom stereocenters. The van der Waals surface area contributed by atoms with Gasteiger partial charge in [-0.25, -0.2) is 4.98 Å². The number of rotatable bonds is 8. The van der Waals surface area contributed by atoms with Gasteiger partial charge in [-0.3, -0.25) is 4.79 Å². The maximum atomic E-state index is 11.9. The quantitative estimate of drug-likeness (QED) is 0.193. The zero-order chi connectivity index (χ0) is 25.6. The van der Waals surface area contributed by atoms with Gasteiger partial charge in [-0.15, -0.1) is 0 Å². The van der Waals surface area contributed by atoms with E-state index in [-0.39, 0.29) is 39.6 Å². The minimum atomic E-state index is -2.12. The van der Waals surface area contributed by atoms with Gasteiger partial charge in [0.2, 0.25) is 0 Å². The van der Waals surface area contributed by atoms with E-state index in [0.29, 0.717) is 18.6 Å². The van der Waals surface area contributed by atoms with E-state index in [9.17, 15) is 14.9 Å². The van der Waals surface area contributed by atoms with Crippen molar-refractivity contribution >= 4 is 28.2 Å². The first-order chi connectivity index (χ1) is 14.8. The Bertz CT molecular complexity index is 882. The van der Waals surface area contributed by atoms with Gasteiger partial charge >= 0.3 is 5.82 Å². The average molecular weight is 499 g/mol. The highest BCUT2D eigenvalue weighted by Gasteiger charge is 2.47. The van der Waals surface area contributed by atoms with Crippen LogP contribution in [0.5, 0.6) is 0 Å². The lowest BCUT2D eigenvalue weighted by Crippen LogP contribution is -2.48. The Labute approximate surface area is 200 Å². The fourth-order valence-corrected chi connectivity index (χ4v) is 5.67. The fourth-order valence-electron chi connectivity index (χ4n) is 3.30. The lowest BCUT2D eigenvalue weighted by atomic mass is 10.1. The first kappa shape index (κ1) is 27.9.